The SMILES string of the molecule is CC(C)(O)c1ccc(-c2ccccc2CN)cn1. The largest absolute Gasteiger partial charge is 0.384 e. The fourth-order valence-electron chi connectivity index (χ4n) is 1.90. The van der Waals surface area contributed by atoms with E-state index in [1.54, 1.807) is 20.0 Å². The number of nitrogens with zero attached hydrogens (tertiary/aromatic N) is 1. The Hall–Kier alpha value is -1.71. The predicted molar refractivity (Wildman–Crippen MR) is 72.8 cm³/mol. The zero-order chi connectivity index (χ0) is 13.2. The second-order valence-electron chi connectivity index (χ2n) is 4.85. The molecule has 0 amide bonds. The molecule has 0 bridgehead atoms. The van der Waals surface area contributed by atoms with Crippen molar-refractivity contribution in [2.24, 2.45) is 5.73 Å². The Morgan fingerprint density at radius 2 is 1.89 bits per heavy atom. The van der Waals surface area contributed by atoms with Crippen LogP contribution in [-0.4, -0.2) is 10.1 Å². The lowest BCUT2D eigenvalue weighted by molar-refractivity contribution is 0.0739. The molecular formula is C15H18N2O. The van der Waals surface area contributed by atoms with Gasteiger partial charge in [0.2, 0.25) is 0 Å². The number of rotatable bonds is 3. The molecule has 2 aromatic rings. The fourth-order valence-corrected chi connectivity index (χ4v) is 1.90. The van der Waals surface area contributed by atoms with Gasteiger partial charge in [-0.1, -0.05) is 30.3 Å². The number of aliphatic hydroxyl groups is 1. The summed E-state index contributed by atoms with van der Waals surface area (Å²) in [6.45, 7) is 3.95. The second kappa shape index (κ2) is 4.88. The molecule has 1 aromatic heterocycles. The molecule has 0 atom stereocenters. The molecule has 0 aliphatic rings. The third-order valence-corrected chi connectivity index (χ3v) is 2.94. The topological polar surface area (TPSA) is 59.1 Å². The summed E-state index contributed by atoms with van der Waals surface area (Å²) in [5, 5.41) is 9.87. The molecule has 0 aliphatic heterocycles. The molecule has 3 nitrogen and oxygen atoms in total. The minimum Gasteiger partial charge on any atom is -0.384 e. The molecule has 3 N–H and O–H groups in total. The highest BCUT2D eigenvalue weighted by Crippen LogP contribution is 2.25. The summed E-state index contributed by atoms with van der Waals surface area (Å²) < 4.78 is 0. The smallest absolute Gasteiger partial charge is 0.101 e. The molecular weight excluding hydrogens is 224 g/mol. The first-order valence-electron chi connectivity index (χ1n) is 5.99. The highest BCUT2D eigenvalue weighted by Gasteiger charge is 2.17. The average molecular weight is 242 g/mol. The van der Waals surface area contributed by atoms with E-state index in [9.17, 15) is 5.11 Å². The van der Waals surface area contributed by atoms with Crippen molar-refractivity contribution >= 4 is 0 Å². The minimum absolute atomic E-state index is 0.503. The predicted octanol–water partition coefficient (Wildman–Crippen LogP) is 2.43. The molecule has 1 heterocycles. The Morgan fingerprint density at radius 3 is 2.44 bits per heavy atom. The number of hydrogen-bond donors (Lipinski definition) is 2. The Bertz CT molecular complexity index is 527. The van der Waals surface area contributed by atoms with E-state index >= 15 is 0 Å². The van der Waals surface area contributed by atoms with Crippen molar-refractivity contribution in [1.82, 2.24) is 4.98 Å². The molecule has 0 aliphatic carbocycles. The maximum Gasteiger partial charge on any atom is 0.101 e. The van der Waals surface area contributed by atoms with E-state index in [4.69, 9.17) is 5.73 Å². The van der Waals surface area contributed by atoms with Crippen molar-refractivity contribution in [1.29, 1.82) is 0 Å². The van der Waals surface area contributed by atoms with Gasteiger partial charge >= 0.3 is 0 Å². The van der Waals surface area contributed by atoms with Crippen LogP contribution in [0.5, 0.6) is 0 Å². The number of pyridine rings is 1. The summed E-state index contributed by atoms with van der Waals surface area (Å²) in [5.41, 5.74) is 8.68. The van der Waals surface area contributed by atoms with Gasteiger partial charge in [0.1, 0.15) is 5.60 Å². The van der Waals surface area contributed by atoms with Gasteiger partial charge in [-0.2, -0.15) is 0 Å². The van der Waals surface area contributed by atoms with Gasteiger partial charge in [-0.15, -0.1) is 0 Å². The van der Waals surface area contributed by atoms with Gasteiger partial charge in [0.15, 0.2) is 0 Å². The van der Waals surface area contributed by atoms with Crippen molar-refractivity contribution in [2.45, 2.75) is 26.0 Å². The number of aromatic nitrogens is 1. The molecule has 0 saturated heterocycles. The first-order chi connectivity index (χ1) is 8.52. The van der Waals surface area contributed by atoms with Crippen molar-refractivity contribution in [3.8, 4) is 11.1 Å². The summed E-state index contributed by atoms with van der Waals surface area (Å²) in [6, 6.07) is 11.8. The van der Waals surface area contributed by atoms with E-state index in [-0.39, 0.29) is 0 Å². The van der Waals surface area contributed by atoms with E-state index in [1.807, 2.05) is 36.4 Å². The van der Waals surface area contributed by atoms with Gasteiger partial charge in [0.05, 0.1) is 5.69 Å². The Balaban J connectivity index is 2.41. The Kier molecular flexibility index (Phi) is 3.45. The summed E-state index contributed by atoms with van der Waals surface area (Å²) in [6.07, 6.45) is 1.78. The zero-order valence-electron chi connectivity index (χ0n) is 10.7. The van der Waals surface area contributed by atoms with Crippen LogP contribution in [0.2, 0.25) is 0 Å². The molecule has 0 fully saturated rings. The molecule has 18 heavy (non-hydrogen) atoms. The molecule has 0 radical (unpaired) electrons. The van der Waals surface area contributed by atoms with E-state index in [1.165, 1.54) is 0 Å². The maximum absolute atomic E-state index is 9.87. The molecule has 1 aromatic carbocycles. The van der Waals surface area contributed by atoms with Crippen molar-refractivity contribution in [3.05, 3.63) is 53.9 Å². The van der Waals surface area contributed by atoms with E-state index in [0.29, 0.717) is 12.2 Å². The maximum atomic E-state index is 9.87. The molecule has 2 rings (SSSR count). The fraction of sp³-hybridized carbons (Fsp3) is 0.267. The van der Waals surface area contributed by atoms with Gasteiger partial charge in [-0.3, -0.25) is 4.98 Å². The molecule has 0 unspecified atom stereocenters. The third-order valence-electron chi connectivity index (χ3n) is 2.94. The third kappa shape index (κ3) is 2.58. The van der Waals surface area contributed by atoms with Crippen LogP contribution < -0.4 is 5.73 Å². The van der Waals surface area contributed by atoms with Crippen LogP contribution in [0.1, 0.15) is 25.1 Å². The van der Waals surface area contributed by atoms with Crippen LogP contribution in [0.3, 0.4) is 0 Å². The van der Waals surface area contributed by atoms with Crippen LogP contribution >= 0.6 is 0 Å². The summed E-state index contributed by atoms with van der Waals surface area (Å²) in [4.78, 5) is 4.31. The van der Waals surface area contributed by atoms with Crippen molar-refractivity contribution < 1.29 is 5.11 Å². The second-order valence-corrected chi connectivity index (χ2v) is 4.85. The minimum atomic E-state index is -0.911. The number of benzene rings is 1. The summed E-state index contributed by atoms with van der Waals surface area (Å²) in [5.74, 6) is 0. The standard InChI is InChI=1S/C15H18N2O/c1-15(2,18)14-8-7-12(10-17-14)13-6-4-3-5-11(13)9-16/h3-8,10,18H,9,16H2,1-2H3. The molecule has 0 saturated carbocycles. The van der Waals surface area contributed by atoms with Gasteiger partial charge in [-0.05, 0) is 31.0 Å². The Labute approximate surface area is 107 Å². The van der Waals surface area contributed by atoms with Crippen molar-refractivity contribution in [3.63, 3.8) is 0 Å². The summed E-state index contributed by atoms with van der Waals surface area (Å²) >= 11 is 0. The summed E-state index contributed by atoms with van der Waals surface area (Å²) in [7, 11) is 0. The first-order valence-corrected chi connectivity index (χ1v) is 5.99. The quantitative estimate of drug-likeness (QED) is 0.869. The van der Waals surface area contributed by atoms with Crippen LogP contribution in [0.4, 0.5) is 0 Å². The molecule has 3 heteroatoms. The number of nitrogens with two attached hydrogens (primary N) is 1. The zero-order valence-corrected chi connectivity index (χ0v) is 10.7. The van der Waals surface area contributed by atoms with Crippen LogP contribution in [-0.2, 0) is 12.1 Å². The van der Waals surface area contributed by atoms with Crippen LogP contribution in [0.25, 0.3) is 11.1 Å². The lowest BCUT2D eigenvalue weighted by Gasteiger charge is -2.16. The lowest BCUT2D eigenvalue weighted by atomic mass is 9.99. The molecule has 0 spiro atoms. The van der Waals surface area contributed by atoms with Gasteiger partial charge in [0, 0.05) is 18.3 Å². The monoisotopic (exact) mass is 242 g/mol. The molecule has 94 valence electrons. The van der Waals surface area contributed by atoms with Crippen LogP contribution in [0, 0.1) is 0 Å². The van der Waals surface area contributed by atoms with Gasteiger partial charge in [0.25, 0.3) is 0 Å². The lowest BCUT2D eigenvalue weighted by Crippen LogP contribution is -2.17. The normalized spacial score (nSPS) is 11.6. The highest BCUT2D eigenvalue weighted by molar-refractivity contribution is 5.66. The van der Waals surface area contributed by atoms with Crippen LogP contribution in [0.15, 0.2) is 42.6 Å². The van der Waals surface area contributed by atoms with Gasteiger partial charge in [-0.25, -0.2) is 0 Å². The Morgan fingerprint density at radius 1 is 1.17 bits per heavy atom. The average Bonchev–Trinajstić information content (AvgIpc) is 2.38. The highest BCUT2D eigenvalue weighted by atomic mass is 16.3. The van der Waals surface area contributed by atoms with E-state index < -0.39 is 5.60 Å². The first kappa shape index (κ1) is 12.7. The van der Waals surface area contributed by atoms with Gasteiger partial charge < -0.3 is 10.8 Å². The van der Waals surface area contributed by atoms with E-state index in [2.05, 4.69) is 4.98 Å². The van der Waals surface area contributed by atoms with Crippen molar-refractivity contribution in [2.75, 3.05) is 0 Å². The van der Waals surface area contributed by atoms with E-state index in [0.717, 1.165) is 16.7 Å². The number of hydrogen-bond acceptors (Lipinski definition) is 3.